The minimum Gasteiger partial charge on any atom is -0.507 e. The number of amides is 1. The van der Waals surface area contributed by atoms with Crippen molar-refractivity contribution in [3.8, 4) is 0 Å². The maximum Gasteiger partial charge on any atom is 0.269 e. The lowest BCUT2D eigenvalue weighted by Gasteiger charge is -2.21. The van der Waals surface area contributed by atoms with Crippen LogP contribution in [0.2, 0.25) is 0 Å². The van der Waals surface area contributed by atoms with Gasteiger partial charge in [0.25, 0.3) is 5.91 Å². The number of allylic oxidation sites excluding steroid dienone is 1. The SMILES string of the molecule is C=C(O)/C=N\C(F)=C\c1c(N)c(C(N)=O)nc2c1NCCC2. The first-order valence-corrected chi connectivity index (χ1v) is 6.55. The Morgan fingerprint density at radius 3 is 2.91 bits per heavy atom. The van der Waals surface area contributed by atoms with Crippen LogP contribution in [0.15, 0.2) is 23.3 Å². The fourth-order valence-corrected chi connectivity index (χ4v) is 2.15. The molecular formula is C14H16FN5O2. The number of carbonyl (C=O) groups is 1. The molecule has 0 saturated heterocycles. The van der Waals surface area contributed by atoms with Gasteiger partial charge in [0.15, 0.2) is 5.69 Å². The molecule has 0 aromatic carbocycles. The molecule has 1 aromatic rings. The van der Waals surface area contributed by atoms with E-state index in [1.165, 1.54) is 0 Å². The lowest BCUT2D eigenvalue weighted by molar-refractivity contribution is 0.0996. The molecule has 2 rings (SSSR count). The summed E-state index contributed by atoms with van der Waals surface area (Å²) in [4.78, 5) is 19.0. The highest BCUT2D eigenvalue weighted by molar-refractivity contribution is 5.99. The van der Waals surface area contributed by atoms with E-state index in [1.54, 1.807) is 0 Å². The number of aliphatic hydroxyl groups is 1. The average molecular weight is 305 g/mol. The van der Waals surface area contributed by atoms with E-state index in [4.69, 9.17) is 16.6 Å². The highest BCUT2D eigenvalue weighted by Crippen LogP contribution is 2.33. The normalized spacial score (nSPS) is 14.5. The summed E-state index contributed by atoms with van der Waals surface area (Å²) < 4.78 is 13.8. The van der Waals surface area contributed by atoms with Gasteiger partial charge in [0.1, 0.15) is 5.76 Å². The number of carbonyl (C=O) groups excluding carboxylic acids is 1. The van der Waals surface area contributed by atoms with Crippen LogP contribution in [-0.2, 0) is 6.42 Å². The maximum atomic E-state index is 13.8. The van der Waals surface area contributed by atoms with E-state index in [1.807, 2.05) is 0 Å². The number of nitrogens with two attached hydrogens (primary N) is 2. The quantitative estimate of drug-likeness (QED) is 0.381. The number of pyridine rings is 1. The first kappa shape index (κ1) is 15.5. The number of anilines is 2. The number of rotatable bonds is 4. The van der Waals surface area contributed by atoms with Crippen LogP contribution in [0.3, 0.4) is 0 Å². The van der Waals surface area contributed by atoms with E-state index in [0.717, 1.165) is 18.7 Å². The summed E-state index contributed by atoms with van der Waals surface area (Å²) in [7, 11) is 0. The molecule has 0 bridgehead atoms. The largest absolute Gasteiger partial charge is 0.507 e. The summed E-state index contributed by atoms with van der Waals surface area (Å²) in [5, 5.41) is 12.0. The Bertz CT molecular complexity index is 697. The minimum absolute atomic E-state index is 0.0196. The van der Waals surface area contributed by atoms with Crippen LogP contribution < -0.4 is 16.8 Å². The van der Waals surface area contributed by atoms with Gasteiger partial charge in [-0.2, -0.15) is 4.39 Å². The molecule has 1 amide bonds. The van der Waals surface area contributed by atoms with Crippen LogP contribution in [0.25, 0.3) is 6.08 Å². The van der Waals surface area contributed by atoms with Crippen LogP contribution >= 0.6 is 0 Å². The van der Waals surface area contributed by atoms with Crippen LogP contribution in [0.4, 0.5) is 15.8 Å². The number of primary amides is 1. The number of aliphatic imine (C=N–C) groups is 1. The smallest absolute Gasteiger partial charge is 0.269 e. The van der Waals surface area contributed by atoms with E-state index in [9.17, 15) is 9.18 Å². The second-order valence-corrected chi connectivity index (χ2v) is 4.72. The highest BCUT2D eigenvalue weighted by Gasteiger charge is 2.21. The molecule has 0 saturated carbocycles. The third kappa shape index (κ3) is 3.22. The van der Waals surface area contributed by atoms with Crippen molar-refractivity contribution in [2.45, 2.75) is 12.8 Å². The van der Waals surface area contributed by atoms with Gasteiger partial charge < -0.3 is 21.9 Å². The number of halogens is 1. The molecule has 0 spiro atoms. The van der Waals surface area contributed by atoms with Gasteiger partial charge in [-0.1, -0.05) is 6.58 Å². The molecular weight excluding hydrogens is 289 g/mol. The van der Waals surface area contributed by atoms with Crippen molar-refractivity contribution in [2.24, 2.45) is 10.7 Å². The van der Waals surface area contributed by atoms with Gasteiger partial charge in [0, 0.05) is 18.2 Å². The highest BCUT2D eigenvalue weighted by atomic mass is 19.1. The van der Waals surface area contributed by atoms with E-state index < -0.39 is 11.9 Å². The van der Waals surface area contributed by atoms with E-state index in [0.29, 0.717) is 24.3 Å². The Kier molecular flexibility index (Phi) is 4.40. The number of aliphatic hydroxyl groups excluding tert-OH is 1. The molecule has 0 fully saturated rings. The second-order valence-electron chi connectivity index (χ2n) is 4.72. The topological polar surface area (TPSA) is 127 Å². The number of hydrogen-bond donors (Lipinski definition) is 4. The van der Waals surface area contributed by atoms with Crippen molar-refractivity contribution in [3.63, 3.8) is 0 Å². The number of nitrogens with one attached hydrogen (secondary N) is 1. The number of nitrogens with zero attached hydrogens (tertiary/aromatic N) is 2. The summed E-state index contributed by atoms with van der Waals surface area (Å²) in [6.45, 7) is 3.85. The second kappa shape index (κ2) is 6.25. The Balaban J connectivity index is 2.57. The summed E-state index contributed by atoms with van der Waals surface area (Å²) in [6, 6.07) is 0. The Morgan fingerprint density at radius 1 is 1.55 bits per heavy atom. The molecule has 1 aliphatic rings. The van der Waals surface area contributed by atoms with Crippen molar-refractivity contribution < 1.29 is 14.3 Å². The molecule has 0 aliphatic carbocycles. The Labute approximate surface area is 126 Å². The van der Waals surface area contributed by atoms with Gasteiger partial charge in [-0.15, -0.1) is 0 Å². The zero-order valence-electron chi connectivity index (χ0n) is 11.8. The zero-order chi connectivity index (χ0) is 16.3. The molecule has 116 valence electrons. The van der Waals surface area contributed by atoms with Crippen molar-refractivity contribution in [1.82, 2.24) is 4.98 Å². The van der Waals surface area contributed by atoms with Gasteiger partial charge in [0.05, 0.1) is 23.3 Å². The van der Waals surface area contributed by atoms with Crippen LogP contribution in [0.5, 0.6) is 0 Å². The molecule has 7 nitrogen and oxygen atoms in total. The third-order valence-corrected chi connectivity index (χ3v) is 3.08. The third-order valence-electron chi connectivity index (χ3n) is 3.08. The molecule has 0 radical (unpaired) electrons. The lowest BCUT2D eigenvalue weighted by atomic mass is 10.0. The minimum atomic E-state index is -0.905. The summed E-state index contributed by atoms with van der Waals surface area (Å²) in [5.74, 6) is -2.07. The van der Waals surface area contributed by atoms with Crippen molar-refractivity contribution in [1.29, 1.82) is 0 Å². The van der Waals surface area contributed by atoms with Crippen molar-refractivity contribution in [2.75, 3.05) is 17.6 Å². The van der Waals surface area contributed by atoms with Gasteiger partial charge in [-0.25, -0.2) is 9.98 Å². The molecule has 0 atom stereocenters. The van der Waals surface area contributed by atoms with Crippen molar-refractivity contribution in [3.05, 3.63) is 35.2 Å². The van der Waals surface area contributed by atoms with Crippen molar-refractivity contribution >= 4 is 29.6 Å². The molecule has 22 heavy (non-hydrogen) atoms. The number of hydrogen-bond acceptors (Lipinski definition) is 6. The number of aromatic nitrogens is 1. The molecule has 2 heterocycles. The van der Waals surface area contributed by atoms with Gasteiger partial charge >= 0.3 is 0 Å². The molecule has 1 aromatic heterocycles. The van der Waals surface area contributed by atoms with Gasteiger partial charge in [-0.05, 0) is 12.8 Å². The first-order valence-electron chi connectivity index (χ1n) is 6.55. The zero-order valence-corrected chi connectivity index (χ0v) is 11.8. The van der Waals surface area contributed by atoms with E-state index in [-0.39, 0.29) is 22.7 Å². The molecule has 6 N–H and O–H groups in total. The van der Waals surface area contributed by atoms with Crippen LogP contribution in [0, 0.1) is 0 Å². The van der Waals surface area contributed by atoms with E-state index >= 15 is 0 Å². The van der Waals surface area contributed by atoms with Crippen LogP contribution in [0.1, 0.15) is 28.2 Å². The Hall–Kier alpha value is -2.90. The fraction of sp³-hybridized carbons (Fsp3) is 0.214. The lowest BCUT2D eigenvalue weighted by Crippen LogP contribution is -2.22. The van der Waals surface area contributed by atoms with Gasteiger partial charge in [-0.3, -0.25) is 4.79 Å². The number of fused-ring (bicyclic) bond motifs is 1. The number of nitrogen functional groups attached to an aromatic ring is 1. The summed E-state index contributed by atoms with van der Waals surface area (Å²) >= 11 is 0. The molecule has 8 heteroatoms. The first-order chi connectivity index (χ1) is 10.4. The fourth-order valence-electron chi connectivity index (χ4n) is 2.15. The monoisotopic (exact) mass is 305 g/mol. The van der Waals surface area contributed by atoms with Gasteiger partial charge in [0.2, 0.25) is 5.95 Å². The molecule has 0 unspecified atom stereocenters. The van der Waals surface area contributed by atoms with E-state index in [2.05, 4.69) is 21.9 Å². The summed E-state index contributed by atoms with van der Waals surface area (Å²) in [6.07, 6.45) is 3.37. The summed E-state index contributed by atoms with van der Waals surface area (Å²) in [5.41, 5.74) is 12.4. The predicted molar refractivity (Wildman–Crippen MR) is 83.3 cm³/mol. The Morgan fingerprint density at radius 2 is 2.27 bits per heavy atom. The molecule has 1 aliphatic heterocycles. The maximum absolute atomic E-state index is 13.8. The average Bonchev–Trinajstić information content (AvgIpc) is 2.47. The standard InChI is InChI=1S/C14H16FN5O2/c1-7(21)6-19-10(15)5-8-11(16)13(14(17)22)20-9-3-2-4-18-12(8)9/h5-6,18,21H,1-4,16H2,(H2,17,22)/b10-5+,19-6-. The predicted octanol–water partition coefficient (Wildman–Crippen LogP) is 1.53. The number of aryl methyl sites for hydroxylation is 1. The van der Waals surface area contributed by atoms with Crippen LogP contribution in [-0.4, -0.2) is 28.8 Å².